The van der Waals surface area contributed by atoms with E-state index in [1.807, 2.05) is 6.07 Å². The highest BCUT2D eigenvalue weighted by Gasteiger charge is 2.28. The third kappa shape index (κ3) is 2.91. The smallest absolute Gasteiger partial charge is 0.422 e. The van der Waals surface area contributed by atoms with Gasteiger partial charge in [0.2, 0.25) is 0 Å². The molecule has 1 heterocycles. The molecule has 0 saturated heterocycles. The molecule has 2 rings (SSSR count). The molecule has 0 bridgehead atoms. The largest absolute Gasteiger partial charge is 0.484 e. The first-order valence-corrected chi connectivity index (χ1v) is 5.65. The van der Waals surface area contributed by atoms with E-state index in [-0.39, 0.29) is 5.75 Å². The number of benzene rings is 1. The first kappa shape index (κ1) is 13.9. The maximum absolute atomic E-state index is 12.1. The second kappa shape index (κ2) is 5.25. The minimum absolute atomic E-state index is 0.0724. The van der Waals surface area contributed by atoms with E-state index in [1.54, 1.807) is 13.1 Å². The fourth-order valence-corrected chi connectivity index (χ4v) is 1.78. The summed E-state index contributed by atoms with van der Waals surface area (Å²) in [7, 11) is 1.62. The minimum atomic E-state index is -4.40. The summed E-state index contributed by atoms with van der Waals surface area (Å²) in [6, 6.07) is 6.35. The van der Waals surface area contributed by atoms with Crippen molar-refractivity contribution in [1.29, 1.82) is 5.26 Å². The molecular formula is C13H10F3N3O. The Labute approximate surface area is 112 Å². The van der Waals surface area contributed by atoms with Crippen molar-refractivity contribution in [3.8, 4) is 11.8 Å². The Morgan fingerprint density at radius 1 is 1.40 bits per heavy atom. The van der Waals surface area contributed by atoms with Crippen LogP contribution in [-0.4, -0.2) is 24.8 Å². The molecule has 0 aliphatic heterocycles. The van der Waals surface area contributed by atoms with Gasteiger partial charge in [0.1, 0.15) is 11.8 Å². The van der Waals surface area contributed by atoms with Gasteiger partial charge in [0.15, 0.2) is 6.61 Å². The number of rotatable bonds is 3. The first-order chi connectivity index (χ1) is 9.44. The lowest BCUT2D eigenvalue weighted by Gasteiger charge is -2.11. The Morgan fingerprint density at radius 2 is 2.15 bits per heavy atom. The molecule has 20 heavy (non-hydrogen) atoms. The van der Waals surface area contributed by atoms with E-state index in [4.69, 9.17) is 5.26 Å². The van der Waals surface area contributed by atoms with E-state index in [0.29, 0.717) is 22.2 Å². The van der Waals surface area contributed by atoms with E-state index in [2.05, 4.69) is 15.0 Å². The van der Waals surface area contributed by atoms with Crippen molar-refractivity contribution in [2.45, 2.75) is 6.18 Å². The van der Waals surface area contributed by atoms with Crippen LogP contribution in [0.15, 0.2) is 24.4 Å². The molecule has 0 atom stereocenters. The van der Waals surface area contributed by atoms with Crippen LogP contribution in [0.3, 0.4) is 0 Å². The van der Waals surface area contributed by atoms with Gasteiger partial charge in [-0.3, -0.25) is 4.98 Å². The topological polar surface area (TPSA) is 57.9 Å². The van der Waals surface area contributed by atoms with Crippen LogP contribution >= 0.6 is 0 Å². The number of pyridine rings is 1. The van der Waals surface area contributed by atoms with Crippen LogP contribution in [0.25, 0.3) is 10.9 Å². The number of alkyl halides is 3. The van der Waals surface area contributed by atoms with Gasteiger partial charge in [0.25, 0.3) is 0 Å². The number of aromatic nitrogens is 1. The Kier molecular flexibility index (Phi) is 3.66. The van der Waals surface area contributed by atoms with Crippen LogP contribution in [0.5, 0.6) is 5.75 Å². The van der Waals surface area contributed by atoms with Crippen molar-refractivity contribution in [1.82, 2.24) is 4.98 Å². The molecule has 0 unspecified atom stereocenters. The SMILES string of the molecule is CNc1c(C#N)cnc2ccc(OCC(F)(F)F)cc12. The number of fused-ring (bicyclic) bond motifs is 1. The minimum Gasteiger partial charge on any atom is -0.484 e. The summed E-state index contributed by atoms with van der Waals surface area (Å²) < 4.78 is 41.1. The zero-order valence-corrected chi connectivity index (χ0v) is 10.5. The summed E-state index contributed by atoms with van der Waals surface area (Å²) >= 11 is 0. The lowest BCUT2D eigenvalue weighted by molar-refractivity contribution is -0.153. The summed E-state index contributed by atoms with van der Waals surface area (Å²) in [6.07, 6.45) is -2.99. The predicted octanol–water partition coefficient (Wildman–Crippen LogP) is 3.09. The molecule has 0 aliphatic rings. The number of nitrogens with zero attached hydrogens (tertiary/aromatic N) is 2. The molecule has 1 N–H and O–H groups in total. The van der Waals surface area contributed by atoms with Gasteiger partial charge >= 0.3 is 6.18 Å². The van der Waals surface area contributed by atoms with E-state index < -0.39 is 12.8 Å². The van der Waals surface area contributed by atoms with E-state index in [0.717, 1.165) is 0 Å². The van der Waals surface area contributed by atoms with Crippen LogP contribution in [0.2, 0.25) is 0 Å². The van der Waals surface area contributed by atoms with Gasteiger partial charge in [-0.05, 0) is 18.2 Å². The van der Waals surface area contributed by atoms with Gasteiger partial charge < -0.3 is 10.1 Å². The third-order valence-corrected chi connectivity index (χ3v) is 2.61. The van der Waals surface area contributed by atoms with E-state index in [1.165, 1.54) is 18.3 Å². The normalized spacial score (nSPS) is 11.2. The highest BCUT2D eigenvalue weighted by Crippen LogP contribution is 2.29. The van der Waals surface area contributed by atoms with Crippen molar-refractivity contribution >= 4 is 16.6 Å². The van der Waals surface area contributed by atoms with Crippen molar-refractivity contribution in [2.24, 2.45) is 0 Å². The quantitative estimate of drug-likeness (QED) is 0.939. The van der Waals surface area contributed by atoms with Crippen LogP contribution in [0.1, 0.15) is 5.56 Å². The molecule has 1 aromatic carbocycles. The van der Waals surface area contributed by atoms with Crippen LogP contribution in [0.4, 0.5) is 18.9 Å². The zero-order valence-electron chi connectivity index (χ0n) is 10.5. The number of nitrogens with one attached hydrogen (secondary N) is 1. The average Bonchev–Trinajstić information content (AvgIpc) is 2.42. The van der Waals surface area contributed by atoms with Crippen molar-refractivity contribution in [3.63, 3.8) is 0 Å². The molecule has 0 radical (unpaired) electrons. The molecule has 1 aromatic heterocycles. The predicted molar refractivity (Wildman–Crippen MR) is 67.6 cm³/mol. The average molecular weight is 281 g/mol. The standard InChI is InChI=1S/C13H10F3N3O/c1-18-12-8(5-17)6-19-11-3-2-9(4-10(11)12)20-7-13(14,15)16/h2-4,6H,7H2,1H3,(H,18,19). The maximum atomic E-state index is 12.1. The zero-order chi connectivity index (χ0) is 14.8. The lowest BCUT2D eigenvalue weighted by Crippen LogP contribution is -2.19. The highest BCUT2D eigenvalue weighted by atomic mass is 19.4. The molecule has 0 amide bonds. The van der Waals surface area contributed by atoms with Crippen LogP contribution in [-0.2, 0) is 0 Å². The van der Waals surface area contributed by atoms with Crippen molar-refractivity contribution in [2.75, 3.05) is 19.0 Å². The van der Waals surface area contributed by atoms with Gasteiger partial charge in [-0.15, -0.1) is 0 Å². The number of ether oxygens (including phenoxy) is 1. The molecule has 104 valence electrons. The monoisotopic (exact) mass is 281 g/mol. The number of anilines is 1. The Bertz CT molecular complexity index is 677. The number of nitriles is 1. The van der Waals surface area contributed by atoms with Gasteiger partial charge in [-0.25, -0.2) is 0 Å². The molecule has 7 heteroatoms. The number of hydrogen-bond donors (Lipinski definition) is 1. The number of hydrogen-bond acceptors (Lipinski definition) is 4. The summed E-state index contributed by atoms with van der Waals surface area (Å²) in [4.78, 5) is 4.07. The third-order valence-electron chi connectivity index (χ3n) is 2.61. The molecule has 0 saturated carbocycles. The molecule has 2 aromatic rings. The van der Waals surface area contributed by atoms with Crippen molar-refractivity contribution < 1.29 is 17.9 Å². The summed E-state index contributed by atoms with van der Waals surface area (Å²) in [5.41, 5.74) is 1.38. The number of halogens is 3. The van der Waals surface area contributed by atoms with Crippen molar-refractivity contribution in [3.05, 3.63) is 30.0 Å². The molecule has 0 aliphatic carbocycles. The highest BCUT2D eigenvalue weighted by molar-refractivity contribution is 5.94. The van der Waals surface area contributed by atoms with Gasteiger partial charge in [-0.2, -0.15) is 18.4 Å². The Hall–Kier alpha value is -2.49. The van der Waals surface area contributed by atoms with E-state index >= 15 is 0 Å². The molecule has 4 nitrogen and oxygen atoms in total. The first-order valence-electron chi connectivity index (χ1n) is 5.65. The summed E-state index contributed by atoms with van der Waals surface area (Å²) in [5.74, 6) is 0.0724. The Balaban J connectivity index is 2.44. The summed E-state index contributed by atoms with van der Waals surface area (Å²) in [5, 5.41) is 12.4. The van der Waals surface area contributed by atoms with Gasteiger partial charge in [0.05, 0.1) is 16.8 Å². The second-order valence-corrected chi connectivity index (χ2v) is 3.99. The Morgan fingerprint density at radius 3 is 2.75 bits per heavy atom. The maximum Gasteiger partial charge on any atom is 0.422 e. The molecule has 0 spiro atoms. The van der Waals surface area contributed by atoms with Crippen LogP contribution < -0.4 is 10.1 Å². The van der Waals surface area contributed by atoms with Gasteiger partial charge in [-0.1, -0.05) is 0 Å². The lowest BCUT2D eigenvalue weighted by atomic mass is 10.1. The van der Waals surface area contributed by atoms with E-state index in [9.17, 15) is 13.2 Å². The fourth-order valence-electron chi connectivity index (χ4n) is 1.78. The van der Waals surface area contributed by atoms with Crippen LogP contribution in [0, 0.1) is 11.3 Å². The fraction of sp³-hybridized carbons (Fsp3) is 0.231. The summed E-state index contributed by atoms with van der Waals surface area (Å²) in [6.45, 7) is -1.36. The van der Waals surface area contributed by atoms with Gasteiger partial charge in [0, 0.05) is 18.6 Å². The molecular weight excluding hydrogens is 271 g/mol. The second-order valence-electron chi connectivity index (χ2n) is 3.99. The molecule has 0 fully saturated rings.